The molecule has 0 aliphatic carbocycles. The molecule has 5 rings (SSSR count). The summed E-state index contributed by atoms with van der Waals surface area (Å²) in [4.78, 5) is 13.6. The summed E-state index contributed by atoms with van der Waals surface area (Å²) < 4.78 is 2.44. The van der Waals surface area contributed by atoms with Gasteiger partial charge in [0, 0.05) is 24.4 Å². The molecule has 2 aromatic heterocycles. The smallest absolute Gasteiger partial charge is 0.125 e. The summed E-state index contributed by atoms with van der Waals surface area (Å²) in [5.41, 5.74) is 5.81. The molecule has 1 aliphatic heterocycles. The SMILES string of the molecule is Cc1ncc(-c2ccc3nc4n(c3c2)C(c2ccccc2)CCC4)cn1. The summed E-state index contributed by atoms with van der Waals surface area (Å²) in [6, 6.07) is 17.6. The molecule has 0 spiro atoms. The number of aromatic nitrogens is 4. The molecule has 3 heterocycles. The van der Waals surface area contributed by atoms with Crippen LogP contribution in [0.5, 0.6) is 0 Å². The van der Waals surface area contributed by atoms with Gasteiger partial charge in [0.15, 0.2) is 0 Å². The summed E-state index contributed by atoms with van der Waals surface area (Å²) in [5, 5.41) is 0. The van der Waals surface area contributed by atoms with E-state index in [0.717, 1.165) is 35.3 Å². The second kappa shape index (κ2) is 6.06. The van der Waals surface area contributed by atoms with Crippen LogP contribution in [0.25, 0.3) is 22.2 Å². The predicted molar refractivity (Wildman–Crippen MR) is 103 cm³/mol. The molecule has 4 aromatic rings. The quantitative estimate of drug-likeness (QED) is 0.530. The van der Waals surface area contributed by atoms with E-state index in [1.54, 1.807) is 0 Å². The van der Waals surface area contributed by atoms with Crippen molar-refractivity contribution in [2.75, 3.05) is 0 Å². The number of imidazole rings is 1. The first kappa shape index (κ1) is 15.3. The van der Waals surface area contributed by atoms with Crippen molar-refractivity contribution in [2.45, 2.75) is 32.2 Å². The minimum atomic E-state index is 0.356. The normalized spacial score (nSPS) is 16.6. The Bertz CT molecular complexity index is 1060. The highest BCUT2D eigenvalue weighted by molar-refractivity contribution is 5.82. The van der Waals surface area contributed by atoms with E-state index in [9.17, 15) is 0 Å². The van der Waals surface area contributed by atoms with Crippen LogP contribution in [-0.2, 0) is 6.42 Å². The molecular formula is C22H20N4. The first-order valence-corrected chi connectivity index (χ1v) is 9.14. The van der Waals surface area contributed by atoms with Gasteiger partial charge in [-0.25, -0.2) is 15.0 Å². The molecule has 0 amide bonds. The molecule has 0 fully saturated rings. The zero-order valence-electron chi connectivity index (χ0n) is 14.8. The summed E-state index contributed by atoms with van der Waals surface area (Å²) in [6.45, 7) is 1.91. The number of fused-ring (bicyclic) bond motifs is 3. The van der Waals surface area contributed by atoms with Crippen LogP contribution in [0, 0.1) is 6.92 Å². The van der Waals surface area contributed by atoms with Crippen molar-refractivity contribution in [3.63, 3.8) is 0 Å². The first-order chi connectivity index (χ1) is 12.8. The second-order valence-electron chi connectivity index (χ2n) is 6.94. The molecule has 4 nitrogen and oxygen atoms in total. The van der Waals surface area contributed by atoms with Gasteiger partial charge in [-0.1, -0.05) is 36.4 Å². The van der Waals surface area contributed by atoms with E-state index in [2.05, 4.69) is 63.1 Å². The topological polar surface area (TPSA) is 43.6 Å². The Balaban J connectivity index is 1.68. The highest BCUT2D eigenvalue weighted by Crippen LogP contribution is 2.35. The Hall–Kier alpha value is -3.01. The molecule has 0 radical (unpaired) electrons. The Labute approximate surface area is 152 Å². The van der Waals surface area contributed by atoms with Crippen molar-refractivity contribution in [1.82, 2.24) is 19.5 Å². The summed E-state index contributed by atoms with van der Waals surface area (Å²) >= 11 is 0. The Morgan fingerprint density at radius 2 is 1.77 bits per heavy atom. The zero-order valence-corrected chi connectivity index (χ0v) is 14.8. The number of rotatable bonds is 2. The molecule has 1 aliphatic rings. The number of benzene rings is 2. The van der Waals surface area contributed by atoms with Crippen LogP contribution < -0.4 is 0 Å². The van der Waals surface area contributed by atoms with Gasteiger partial charge >= 0.3 is 0 Å². The molecule has 0 bridgehead atoms. The maximum absolute atomic E-state index is 4.91. The maximum Gasteiger partial charge on any atom is 0.125 e. The number of nitrogens with zero attached hydrogens (tertiary/aromatic N) is 4. The highest BCUT2D eigenvalue weighted by Gasteiger charge is 2.24. The van der Waals surface area contributed by atoms with Gasteiger partial charge in [0.25, 0.3) is 0 Å². The van der Waals surface area contributed by atoms with Crippen LogP contribution in [-0.4, -0.2) is 19.5 Å². The van der Waals surface area contributed by atoms with Crippen molar-refractivity contribution in [1.29, 1.82) is 0 Å². The average molecular weight is 340 g/mol. The molecule has 4 heteroatoms. The second-order valence-corrected chi connectivity index (χ2v) is 6.94. The Morgan fingerprint density at radius 1 is 0.962 bits per heavy atom. The minimum Gasteiger partial charge on any atom is -0.320 e. The zero-order chi connectivity index (χ0) is 17.5. The molecule has 0 saturated carbocycles. The van der Waals surface area contributed by atoms with E-state index in [4.69, 9.17) is 4.98 Å². The van der Waals surface area contributed by atoms with Crippen LogP contribution in [0.15, 0.2) is 60.9 Å². The van der Waals surface area contributed by atoms with Crippen molar-refractivity contribution >= 4 is 11.0 Å². The molecule has 128 valence electrons. The van der Waals surface area contributed by atoms with Gasteiger partial charge in [0.2, 0.25) is 0 Å². The standard InChI is InChI=1S/C22H20N4/c1-15-23-13-18(14-24-15)17-10-11-19-21(12-17)26-20(8-5-9-22(26)25-19)16-6-3-2-4-7-16/h2-4,6-7,10-14,20H,5,8-9H2,1H3. The van der Waals surface area contributed by atoms with Gasteiger partial charge in [0.1, 0.15) is 11.6 Å². The van der Waals surface area contributed by atoms with E-state index in [-0.39, 0.29) is 0 Å². The fraction of sp³-hybridized carbons (Fsp3) is 0.227. The van der Waals surface area contributed by atoms with Crippen LogP contribution in [0.2, 0.25) is 0 Å². The van der Waals surface area contributed by atoms with Crippen molar-refractivity contribution in [3.8, 4) is 11.1 Å². The predicted octanol–water partition coefficient (Wildman–Crippen LogP) is 4.73. The van der Waals surface area contributed by atoms with Crippen LogP contribution in [0.1, 0.15) is 36.1 Å². The lowest BCUT2D eigenvalue weighted by Gasteiger charge is -2.26. The summed E-state index contributed by atoms with van der Waals surface area (Å²) in [6.07, 6.45) is 7.17. The fourth-order valence-corrected chi connectivity index (χ4v) is 3.96. The van der Waals surface area contributed by atoms with Gasteiger partial charge in [-0.05, 0) is 43.0 Å². The monoisotopic (exact) mass is 340 g/mol. The third-order valence-corrected chi connectivity index (χ3v) is 5.25. The Kier molecular flexibility index (Phi) is 3.56. The van der Waals surface area contributed by atoms with Crippen LogP contribution in [0.4, 0.5) is 0 Å². The Morgan fingerprint density at radius 3 is 2.58 bits per heavy atom. The van der Waals surface area contributed by atoms with Crippen molar-refractivity contribution < 1.29 is 0 Å². The maximum atomic E-state index is 4.91. The van der Waals surface area contributed by atoms with Gasteiger partial charge in [-0.15, -0.1) is 0 Å². The lowest BCUT2D eigenvalue weighted by Crippen LogP contribution is -2.18. The lowest BCUT2D eigenvalue weighted by atomic mass is 9.97. The first-order valence-electron chi connectivity index (χ1n) is 9.14. The minimum absolute atomic E-state index is 0.356. The van der Waals surface area contributed by atoms with E-state index in [0.29, 0.717) is 6.04 Å². The molecule has 26 heavy (non-hydrogen) atoms. The third kappa shape index (κ3) is 2.49. The number of aryl methyl sites for hydroxylation is 2. The van der Waals surface area contributed by atoms with E-state index in [1.807, 2.05) is 19.3 Å². The lowest BCUT2D eigenvalue weighted by molar-refractivity contribution is 0.461. The van der Waals surface area contributed by atoms with Crippen molar-refractivity contribution in [3.05, 3.63) is 78.1 Å². The third-order valence-electron chi connectivity index (χ3n) is 5.25. The van der Waals surface area contributed by atoms with Crippen LogP contribution >= 0.6 is 0 Å². The summed E-state index contributed by atoms with van der Waals surface area (Å²) in [5.74, 6) is 1.98. The number of hydrogen-bond donors (Lipinski definition) is 0. The van der Waals surface area contributed by atoms with E-state index >= 15 is 0 Å². The van der Waals surface area contributed by atoms with E-state index < -0.39 is 0 Å². The van der Waals surface area contributed by atoms with Gasteiger partial charge in [-0.2, -0.15) is 0 Å². The summed E-state index contributed by atoms with van der Waals surface area (Å²) in [7, 11) is 0. The van der Waals surface area contributed by atoms with Crippen molar-refractivity contribution in [2.24, 2.45) is 0 Å². The molecule has 1 unspecified atom stereocenters. The fourth-order valence-electron chi connectivity index (χ4n) is 3.96. The largest absolute Gasteiger partial charge is 0.320 e. The molecule has 1 atom stereocenters. The number of hydrogen-bond acceptors (Lipinski definition) is 3. The highest BCUT2D eigenvalue weighted by atomic mass is 15.1. The molecular weight excluding hydrogens is 320 g/mol. The van der Waals surface area contributed by atoms with Gasteiger partial charge in [-0.3, -0.25) is 0 Å². The van der Waals surface area contributed by atoms with E-state index in [1.165, 1.54) is 23.3 Å². The molecule has 2 aromatic carbocycles. The van der Waals surface area contributed by atoms with Crippen LogP contribution in [0.3, 0.4) is 0 Å². The average Bonchev–Trinajstić information content (AvgIpc) is 3.07. The molecule has 0 N–H and O–H groups in total. The van der Waals surface area contributed by atoms with Gasteiger partial charge < -0.3 is 4.57 Å². The van der Waals surface area contributed by atoms with Gasteiger partial charge in [0.05, 0.1) is 17.1 Å². The molecule has 0 saturated heterocycles.